The molecule has 1 heterocycles. The first kappa shape index (κ1) is 13.9. The maximum absolute atomic E-state index is 12.0. The molecule has 1 aromatic rings. The van der Waals surface area contributed by atoms with Gasteiger partial charge in [-0.25, -0.2) is 4.79 Å². The second-order valence-electron chi connectivity index (χ2n) is 5.39. The van der Waals surface area contributed by atoms with Crippen LogP contribution in [-0.2, 0) is 11.2 Å². The molecule has 19 heavy (non-hydrogen) atoms. The molecule has 0 radical (unpaired) electrons. The Hall–Kier alpha value is -1.51. The summed E-state index contributed by atoms with van der Waals surface area (Å²) in [7, 11) is 0. The minimum Gasteiger partial charge on any atom is -0.462 e. The Labute approximate surface area is 115 Å². The van der Waals surface area contributed by atoms with Gasteiger partial charge in [0, 0.05) is 12.2 Å². The summed E-state index contributed by atoms with van der Waals surface area (Å²) in [5.41, 5.74) is 3.05. The van der Waals surface area contributed by atoms with Gasteiger partial charge in [-0.2, -0.15) is 0 Å². The lowest BCUT2D eigenvalue weighted by atomic mass is 10.0. The van der Waals surface area contributed by atoms with Crippen LogP contribution in [0.25, 0.3) is 0 Å². The van der Waals surface area contributed by atoms with E-state index in [1.807, 2.05) is 18.2 Å². The number of carbonyl (C=O) groups excluding carboxylic acids is 1. The number of carbonyl (C=O) groups is 1. The number of aryl methyl sites for hydroxylation is 1. The van der Waals surface area contributed by atoms with Crippen LogP contribution >= 0.6 is 0 Å². The fourth-order valence-electron chi connectivity index (χ4n) is 2.48. The summed E-state index contributed by atoms with van der Waals surface area (Å²) < 4.78 is 5.37. The minimum atomic E-state index is -0.198. The lowest BCUT2D eigenvalue weighted by molar-refractivity contribution is 0.0443. The summed E-state index contributed by atoms with van der Waals surface area (Å²) in [5, 5.41) is 3.34. The number of esters is 1. The number of rotatable bonds is 5. The Morgan fingerprint density at radius 1 is 1.47 bits per heavy atom. The van der Waals surface area contributed by atoms with Crippen molar-refractivity contribution in [3.05, 3.63) is 29.3 Å². The van der Waals surface area contributed by atoms with Gasteiger partial charge in [-0.05, 0) is 48.9 Å². The predicted molar refractivity (Wildman–Crippen MR) is 77.6 cm³/mol. The average Bonchev–Trinajstić information content (AvgIpc) is 2.44. The molecule has 0 aromatic heterocycles. The fourth-order valence-corrected chi connectivity index (χ4v) is 2.48. The number of hydrogen-bond donors (Lipinski definition) is 1. The van der Waals surface area contributed by atoms with Crippen LogP contribution in [0.15, 0.2) is 18.2 Å². The van der Waals surface area contributed by atoms with E-state index in [9.17, 15) is 4.79 Å². The van der Waals surface area contributed by atoms with E-state index in [4.69, 9.17) is 4.74 Å². The van der Waals surface area contributed by atoms with E-state index in [-0.39, 0.29) is 5.97 Å². The van der Waals surface area contributed by atoms with Crippen molar-refractivity contribution in [2.45, 2.75) is 39.5 Å². The first-order valence-electron chi connectivity index (χ1n) is 7.24. The molecule has 1 unspecified atom stereocenters. The summed E-state index contributed by atoms with van der Waals surface area (Å²) in [4.78, 5) is 12.0. The monoisotopic (exact) mass is 261 g/mol. The van der Waals surface area contributed by atoms with Gasteiger partial charge in [-0.3, -0.25) is 0 Å². The van der Waals surface area contributed by atoms with Gasteiger partial charge in [0.25, 0.3) is 0 Å². The largest absolute Gasteiger partial charge is 0.462 e. The summed E-state index contributed by atoms with van der Waals surface area (Å²) in [6, 6.07) is 5.80. The standard InChI is InChI=1S/C16H23NO2/c1-3-5-12(2)11-19-16(18)14-7-8-15-13(10-14)6-4-9-17-15/h7-8,10,12,17H,3-6,9,11H2,1-2H3. The molecule has 0 amide bonds. The third kappa shape index (κ3) is 3.72. The van der Waals surface area contributed by atoms with E-state index in [2.05, 4.69) is 19.2 Å². The first-order chi connectivity index (χ1) is 9.20. The molecule has 0 fully saturated rings. The third-order valence-electron chi connectivity index (χ3n) is 3.56. The number of ether oxygens (including phenoxy) is 1. The maximum Gasteiger partial charge on any atom is 0.338 e. The molecule has 1 aromatic carbocycles. The van der Waals surface area contributed by atoms with Crippen LogP contribution in [0.2, 0.25) is 0 Å². The highest BCUT2D eigenvalue weighted by atomic mass is 16.5. The molecular formula is C16H23NO2. The van der Waals surface area contributed by atoms with Crippen molar-refractivity contribution in [2.75, 3.05) is 18.5 Å². The van der Waals surface area contributed by atoms with Crippen molar-refractivity contribution in [1.82, 2.24) is 0 Å². The zero-order chi connectivity index (χ0) is 13.7. The SMILES string of the molecule is CCCC(C)COC(=O)c1ccc2c(c1)CCCN2. The van der Waals surface area contributed by atoms with Crippen molar-refractivity contribution in [3.8, 4) is 0 Å². The Morgan fingerprint density at radius 3 is 3.11 bits per heavy atom. The van der Waals surface area contributed by atoms with Gasteiger partial charge < -0.3 is 10.1 Å². The lowest BCUT2D eigenvalue weighted by Gasteiger charge is -2.18. The van der Waals surface area contributed by atoms with Gasteiger partial charge in [0.2, 0.25) is 0 Å². The Morgan fingerprint density at radius 2 is 2.32 bits per heavy atom. The van der Waals surface area contributed by atoms with E-state index in [1.165, 1.54) is 5.56 Å². The number of nitrogens with one attached hydrogen (secondary N) is 1. The Bertz CT molecular complexity index is 442. The third-order valence-corrected chi connectivity index (χ3v) is 3.56. The molecule has 1 aliphatic heterocycles. The van der Waals surface area contributed by atoms with Crippen LogP contribution in [0.1, 0.15) is 49.0 Å². The minimum absolute atomic E-state index is 0.198. The highest BCUT2D eigenvalue weighted by Crippen LogP contribution is 2.23. The van der Waals surface area contributed by atoms with Crippen molar-refractivity contribution < 1.29 is 9.53 Å². The normalized spacial score (nSPS) is 15.3. The zero-order valence-corrected chi connectivity index (χ0v) is 11.9. The van der Waals surface area contributed by atoms with E-state index in [0.717, 1.165) is 37.9 Å². The summed E-state index contributed by atoms with van der Waals surface area (Å²) in [5.74, 6) is 0.240. The van der Waals surface area contributed by atoms with Crippen LogP contribution in [0.4, 0.5) is 5.69 Å². The molecule has 0 saturated heterocycles. The molecule has 1 aliphatic rings. The number of benzene rings is 1. The van der Waals surface area contributed by atoms with Gasteiger partial charge in [0.1, 0.15) is 0 Å². The lowest BCUT2D eigenvalue weighted by Crippen LogP contribution is -2.15. The average molecular weight is 261 g/mol. The topological polar surface area (TPSA) is 38.3 Å². The summed E-state index contributed by atoms with van der Waals surface area (Å²) in [6.07, 6.45) is 4.39. The molecule has 3 heteroatoms. The van der Waals surface area contributed by atoms with Crippen molar-refractivity contribution >= 4 is 11.7 Å². The predicted octanol–water partition coefficient (Wildman–Crippen LogP) is 3.64. The number of hydrogen-bond acceptors (Lipinski definition) is 3. The Balaban J connectivity index is 1.95. The van der Waals surface area contributed by atoms with E-state index in [1.54, 1.807) is 0 Å². The van der Waals surface area contributed by atoms with Crippen molar-refractivity contribution in [3.63, 3.8) is 0 Å². The number of fused-ring (bicyclic) bond motifs is 1. The highest BCUT2D eigenvalue weighted by molar-refractivity contribution is 5.90. The van der Waals surface area contributed by atoms with Crippen LogP contribution in [-0.4, -0.2) is 19.1 Å². The van der Waals surface area contributed by atoms with Crippen LogP contribution < -0.4 is 5.32 Å². The van der Waals surface area contributed by atoms with Gasteiger partial charge in [0.05, 0.1) is 12.2 Å². The van der Waals surface area contributed by atoms with Crippen molar-refractivity contribution in [2.24, 2.45) is 5.92 Å². The summed E-state index contributed by atoms with van der Waals surface area (Å²) >= 11 is 0. The molecule has 0 bridgehead atoms. The quantitative estimate of drug-likeness (QED) is 0.822. The second-order valence-corrected chi connectivity index (χ2v) is 5.39. The van der Waals surface area contributed by atoms with Gasteiger partial charge in [0.15, 0.2) is 0 Å². The molecule has 1 N–H and O–H groups in total. The molecule has 0 aliphatic carbocycles. The number of anilines is 1. The van der Waals surface area contributed by atoms with Gasteiger partial charge in [-0.1, -0.05) is 20.3 Å². The molecule has 0 spiro atoms. The van der Waals surface area contributed by atoms with Crippen LogP contribution in [0, 0.1) is 5.92 Å². The smallest absolute Gasteiger partial charge is 0.338 e. The molecule has 0 saturated carbocycles. The van der Waals surface area contributed by atoms with Crippen molar-refractivity contribution in [1.29, 1.82) is 0 Å². The van der Waals surface area contributed by atoms with Crippen LogP contribution in [0.5, 0.6) is 0 Å². The maximum atomic E-state index is 12.0. The van der Waals surface area contributed by atoms with E-state index in [0.29, 0.717) is 18.1 Å². The molecule has 1 atom stereocenters. The van der Waals surface area contributed by atoms with E-state index >= 15 is 0 Å². The zero-order valence-electron chi connectivity index (χ0n) is 11.9. The molecule has 104 valence electrons. The highest BCUT2D eigenvalue weighted by Gasteiger charge is 2.14. The summed E-state index contributed by atoms with van der Waals surface area (Å²) in [6.45, 7) is 5.80. The van der Waals surface area contributed by atoms with Gasteiger partial charge >= 0.3 is 5.97 Å². The van der Waals surface area contributed by atoms with E-state index < -0.39 is 0 Å². The van der Waals surface area contributed by atoms with Crippen LogP contribution in [0.3, 0.4) is 0 Å². The first-order valence-corrected chi connectivity index (χ1v) is 7.24. The molecule has 2 rings (SSSR count). The Kier molecular flexibility index (Phi) is 4.83. The van der Waals surface area contributed by atoms with Gasteiger partial charge in [-0.15, -0.1) is 0 Å². The molecular weight excluding hydrogens is 238 g/mol. The fraction of sp³-hybridized carbons (Fsp3) is 0.562. The molecule has 3 nitrogen and oxygen atoms in total. The second kappa shape index (κ2) is 6.60.